The summed E-state index contributed by atoms with van der Waals surface area (Å²) < 4.78 is 30.2. The Morgan fingerprint density at radius 1 is 1.23 bits per heavy atom. The van der Waals surface area contributed by atoms with Crippen molar-refractivity contribution in [2.24, 2.45) is 11.8 Å². The molecule has 3 aliphatic rings. The van der Waals surface area contributed by atoms with E-state index in [1.54, 1.807) is 35.0 Å². The second-order valence-electron chi connectivity index (χ2n) is 9.61. The third kappa shape index (κ3) is 3.30. The predicted molar refractivity (Wildman–Crippen MR) is 127 cm³/mol. The van der Waals surface area contributed by atoms with Gasteiger partial charge in [0.2, 0.25) is 5.95 Å². The maximum absolute atomic E-state index is 14.2. The minimum Gasteiger partial charge on any atom is -0.478 e. The number of nitrogens with one attached hydrogen (secondary N) is 1. The topological polar surface area (TPSA) is 95.6 Å². The Bertz CT molecular complexity index is 1470. The monoisotopic (exact) mass is 478 g/mol. The number of para-hydroxylation sites is 1. The molecular weight excluding hydrogens is 454 g/mol. The van der Waals surface area contributed by atoms with Crippen molar-refractivity contribution in [1.29, 1.82) is 0 Å². The zero-order valence-electron chi connectivity index (χ0n) is 19.2. The smallest absolute Gasteiger partial charge is 0.337 e. The van der Waals surface area contributed by atoms with Crippen LogP contribution in [-0.2, 0) is 0 Å². The minimum atomic E-state index is -2.61. The van der Waals surface area contributed by atoms with E-state index < -0.39 is 23.7 Å². The third-order valence-electron chi connectivity index (χ3n) is 7.32. The lowest BCUT2D eigenvalue weighted by Crippen LogP contribution is -2.63. The normalized spacial score (nSPS) is 21.7. The van der Waals surface area contributed by atoms with Crippen molar-refractivity contribution >= 4 is 34.2 Å². The van der Waals surface area contributed by atoms with E-state index in [1.165, 1.54) is 0 Å². The number of aromatic carboxylic acids is 1. The molecule has 3 fully saturated rings. The first-order chi connectivity index (χ1) is 16.7. The largest absolute Gasteiger partial charge is 0.478 e. The van der Waals surface area contributed by atoms with Crippen LogP contribution in [0.5, 0.6) is 0 Å². The Kier molecular flexibility index (Phi) is 4.71. The summed E-state index contributed by atoms with van der Waals surface area (Å²) in [6.45, 7) is 4.38. The summed E-state index contributed by atoms with van der Waals surface area (Å²) in [5.74, 6) is -4.42. The van der Waals surface area contributed by atoms with Gasteiger partial charge in [0, 0.05) is 41.6 Å². The molecule has 4 heterocycles. The zero-order chi connectivity index (χ0) is 24.5. The van der Waals surface area contributed by atoms with Crippen LogP contribution in [0.1, 0.15) is 40.9 Å². The number of benzene rings is 2. The highest BCUT2D eigenvalue weighted by Crippen LogP contribution is 2.53. The van der Waals surface area contributed by atoms with Gasteiger partial charge in [-0.05, 0) is 44.0 Å². The van der Waals surface area contributed by atoms with Crippen molar-refractivity contribution in [2.45, 2.75) is 32.2 Å². The third-order valence-corrected chi connectivity index (χ3v) is 7.32. The van der Waals surface area contributed by atoms with Crippen LogP contribution >= 0.6 is 0 Å². The molecule has 10 heteroatoms. The predicted octanol–water partition coefficient (Wildman–Crippen LogP) is 4.55. The average molecular weight is 479 g/mol. The summed E-state index contributed by atoms with van der Waals surface area (Å²) in [6, 6.07) is 10.5. The van der Waals surface area contributed by atoms with Gasteiger partial charge in [0.25, 0.3) is 5.92 Å². The van der Waals surface area contributed by atoms with E-state index in [-0.39, 0.29) is 24.7 Å². The van der Waals surface area contributed by atoms with Crippen molar-refractivity contribution in [3.05, 3.63) is 59.4 Å². The number of carbonyl (C=O) groups is 1. The standard InChI is InChI=1S/C25H24F2N6O2/c1-13-7-18(14(2)29-20-6-4-3-5-17(20)23(34)35)21-19(8-13)22-31-28-12-33(22)24(30-21)32-10-15-9-16(11-32)25(15,26)27/h3-8,12,14-16,29H,9-11H2,1-2H3,(H,34,35)/t14-,15?,16?/m1/s1. The van der Waals surface area contributed by atoms with Crippen molar-refractivity contribution in [1.82, 2.24) is 19.6 Å². The molecule has 4 aromatic rings. The molecule has 2 saturated heterocycles. The second-order valence-corrected chi connectivity index (χ2v) is 9.61. The highest BCUT2D eigenvalue weighted by molar-refractivity contribution is 5.96. The number of rotatable bonds is 5. The molecule has 180 valence electrons. The van der Waals surface area contributed by atoms with Gasteiger partial charge in [-0.25, -0.2) is 18.6 Å². The lowest BCUT2D eigenvalue weighted by atomic mass is 9.67. The summed E-state index contributed by atoms with van der Waals surface area (Å²) in [5, 5.41) is 22.1. The van der Waals surface area contributed by atoms with E-state index in [0.717, 1.165) is 16.5 Å². The van der Waals surface area contributed by atoms with E-state index in [9.17, 15) is 18.7 Å². The highest BCUT2D eigenvalue weighted by Gasteiger charge is 2.61. The van der Waals surface area contributed by atoms with Crippen LogP contribution in [-0.4, -0.2) is 49.7 Å². The van der Waals surface area contributed by atoms with Crippen LogP contribution < -0.4 is 10.2 Å². The second kappa shape index (κ2) is 7.59. The molecule has 0 amide bonds. The van der Waals surface area contributed by atoms with Gasteiger partial charge in [0.05, 0.1) is 17.1 Å². The number of carboxylic acid groups (broad SMARTS) is 1. The first-order valence-corrected chi connectivity index (χ1v) is 11.6. The maximum atomic E-state index is 14.2. The number of aryl methyl sites for hydroxylation is 1. The van der Waals surface area contributed by atoms with Gasteiger partial charge in [0.15, 0.2) is 5.65 Å². The quantitative estimate of drug-likeness (QED) is 0.435. The van der Waals surface area contributed by atoms with Crippen molar-refractivity contribution in [3.63, 3.8) is 0 Å². The van der Waals surface area contributed by atoms with Gasteiger partial charge in [-0.1, -0.05) is 18.2 Å². The molecule has 2 aliphatic heterocycles. The molecule has 1 aliphatic carbocycles. The molecule has 2 N–H and O–H groups in total. The van der Waals surface area contributed by atoms with Gasteiger partial charge in [0.1, 0.15) is 6.33 Å². The molecule has 2 bridgehead atoms. The van der Waals surface area contributed by atoms with E-state index in [2.05, 4.69) is 15.5 Å². The van der Waals surface area contributed by atoms with Crippen LogP contribution in [0.2, 0.25) is 0 Å². The Hall–Kier alpha value is -3.82. The van der Waals surface area contributed by atoms with Crippen LogP contribution in [0.25, 0.3) is 16.6 Å². The summed E-state index contributed by atoms with van der Waals surface area (Å²) in [6.07, 6.45) is 2.11. The molecule has 2 aromatic heterocycles. The van der Waals surface area contributed by atoms with E-state index in [0.29, 0.717) is 29.2 Å². The molecule has 2 aromatic carbocycles. The number of anilines is 2. The Balaban J connectivity index is 1.46. The van der Waals surface area contributed by atoms with Crippen LogP contribution in [0, 0.1) is 18.8 Å². The molecular formula is C25H24F2N6O2. The number of alkyl halides is 2. The summed E-state index contributed by atoms with van der Waals surface area (Å²) >= 11 is 0. The van der Waals surface area contributed by atoms with Crippen molar-refractivity contribution in [3.8, 4) is 0 Å². The van der Waals surface area contributed by atoms with Crippen LogP contribution in [0.3, 0.4) is 0 Å². The molecule has 8 nitrogen and oxygen atoms in total. The number of hydrogen-bond acceptors (Lipinski definition) is 6. The SMILES string of the molecule is Cc1cc([C@@H](C)Nc2ccccc2C(=O)O)c2nc(N3CC4CC(C3)C4(F)F)n3cnnc3c2c1. The fraction of sp³-hybridized carbons (Fsp3) is 0.360. The number of fused-ring (bicyclic) bond motifs is 5. The summed E-state index contributed by atoms with van der Waals surface area (Å²) in [7, 11) is 0. The number of piperidine rings is 2. The number of aromatic nitrogens is 4. The fourth-order valence-electron chi connectivity index (χ4n) is 5.47. The molecule has 1 saturated carbocycles. The average Bonchev–Trinajstić information content (AvgIpc) is 3.33. The fourth-order valence-corrected chi connectivity index (χ4v) is 5.47. The zero-order valence-corrected chi connectivity index (χ0v) is 19.2. The summed E-state index contributed by atoms with van der Waals surface area (Å²) in [5.41, 5.74) is 3.83. The molecule has 0 radical (unpaired) electrons. The number of halogens is 2. The number of carboxylic acids is 1. The first-order valence-electron chi connectivity index (χ1n) is 11.6. The minimum absolute atomic E-state index is 0.179. The molecule has 0 spiro atoms. The summed E-state index contributed by atoms with van der Waals surface area (Å²) in [4.78, 5) is 18.6. The Labute approximate surface area is 199 Å². The first kappa shape index (κ1) is 21.7. The molecule has 2 unspecified atom stereocenters. The van der Waals surface area contributed by atoms with E-state index >= 15 is 0 Å². The van der Waals surface area contributed by atoms with Gasteiger partial charge >= 0.3 is 5.97 Å². The van der Waals surface area contributed by atoms with E-state index in [4.69, 9.17) is 4.98 Å². The van der Waals surface area contributed by atoms with Crippen molar-refractivity contribution < 1.29 is 18.7 Å². The van der Waals surface area contributed by atoms with Crippen molar-refractivity contribution in [2.75, 3.05) is 23.3 Å². The van der Waals surface area contributed by atoms with Gasteiger partial charge in [-0.3, -0.25) is 4.40 Å². The molecule has 3 atom stereocenters. The van der Waals surface area contributed by atoms with Crippen LogP contribution in [0.15, 0.2) is 42.7 Å². The molecule has 35 heavy (non-hydrogen) atoms. The van der Waals surface area contributed by atoms with E-state index in [1.807, 2.05) is 30.9 Å². The lowest BCUT2D eigenvalue weighted by molar-refractivity contribution is -0.194. The molecule has 7 rings (SSSR count). The Morgan fingerprint density at radius 2 is 1.97 bits per heavy atom. The maximum Gasteiger partial charge on any atom is 0.337 e. The number of hydrogen-bond donors (Lipinski definition) is 2. The van der Waals surface area contributed by atoms with Gasteiger partial charge in [-0.2, -0.15) is 0 Å². The van der Waals surface area contributed by atoms with Gasteiger partial charge in [-0.15, -0.1) is 10.2 Å². The van der Waals surface area contributed by atoms with Gasteiger partial charge < -0.3 is 15.3 Å². The Morgan fingerprint density at radius 3 is 2.69 bits per heavy atom. The van der Waals surface area contributed by atoms with Crippen LogP contribution in [0.4, 0.5) is 20.4 Å². The number of nitrogens with zero attached hydrogens (tertiary/aromatic N) is 5. The highest BCUT2D eigenvalue weighted by atomic mass is 19.3. The lowest BCUT2D eigenvalue weighted by Gasteiger charge is -2.53.